The van der Waals surface area contributed by atoms with Crippen molar-refractivity contribution in [2.24, 2.45) is 5.92 Å². The Morgan fingerprint density at radius 1 is 1.50 bits per heavy atom. The topological polar surface area (TPSA) is 61.1 Å². The Bertz CT molecular complexity index is 81.3. The lowest BCUT2D eigenvalue weighted by molar-refractivity contribution is -0.106. The molecule has 0 unspecified atom stereocenters. The minimum atomic E-state index is 0.750. The van der Waals surface area contributed by atoms with Crippen molar-refractivity contribution in [3.63, 3.8) is 0 Å². The molecule has 0 aliphatic heterocycles. The summed E-state index contributed by atoms with van der Waals surface area (Å²) >= 11 is 0. The number of carbonyl (C=O) groups excluding carboxylic acids is 1. The van der Waals surface area contributed by atoms with Crippen LogP contribution >= 0.6 is 0 Å². The quantitative estimate of drug-likeness (QED) is 0.417. The number of nitriles is 1. The molecule has 10 heavy (non-hydrogen) atoms. The van der Waals surface area contributed by atoms with E-state index in [1.165, 1.54) is 6.92 Å². The zero-order chi connectivity index (χ0) is 8.99. The number of aldehydes is 1. The highest BCUT2D eigenvalue weighted by atomic mass is 16.2. The molecule has 60 valence electrons. The molecule has 0 aromatic rings. The summed E-state index contributed by atoms with van der Waals surface area (Å²) in [4.78, 5) is 8.81. The van der Waals surface area contributed by atoms with Crippen molar-refractivity contribution in [2.75, 3.05) is 0 Å². The maximum absolute atomic E-state index is 8.81. The Morgan fingerprint density at radius 2 is 1.50 bits per heavy atom. The SMILES string of the molecule is CC(C)C.CC=O.N#CO. The first-order valence-electron chi connectivity index (χ1n) is 2.99. The van der Waals surface area contributed by atoms with E-state index >= 15 is 0 Å². The minimum Gasteiger partial charge on any atom is -0.443 e. The van der Waals surface area contributed by atoms with E-state index in [-0.39, 0.29) is 0 Å². The zero-order valence-electron chi connectivity index (χ0n) is 6.96. The highest BCUT2D eigenvalue weighted by Gasteiger charge is 1.68. The molecule has 0 aliphatic carbocycles. The second-order valence-corrected chi connectivity index (χ2v) is 2.07. The first kappa shape index (κ1) is 16.0. The summed E-state index contributed by atoms with van der Waals surface area (Å²) in [7, 11) is 0. The molecular formula is C7H15NO2. The normalized spacial score (nSPS) is 5.60. The van der Waals surface area contributed by atoms with E-state index in [1.54, 1.807) is 0 Å². The summed E-state index contributed by atoms with van der Waals surface area (Å²) in [5, 5.41) is 13.8. The highest BCUT2D eigenvalue weighted by Crippen LogP contribution is 1.81. The van der Waals surface area contributed by atoms with E-state index in [2.05, 4.69) is 20.8 Å². The van der Waals surface area contributed by atoms with Crippen LogP contribution in [-0.4, -0.2) is 11.4 Å². The van der Waals surface area contributed by atoms with Crippen LogP contribution in [-0.2, 0) is 4.79 Å². The summed E-state index contributed by atoms with van der Waals surface area (Å²) in [6.45, 7) is 7.94. The second kappa shape index (κ2) is 24.6. The van der Waals surface area contributed by atoms with Gasteiger partial charge >= 0.3 is 0 Å². The Labute approximate surface area is 62.3 Å². The minimum absolute atomic E-state index is 0.750. The number of rotatable bonds is 0. The summed E-state index contributed by atoms with van der Waals surface area (Å²) in [6.07, 6.45) is 1.50. The molecule has 0 aromatic carbocycles. The van der Waals surface area contributed by atoms with Crippen molar-refractivity contribution in [1.29, 1.82) is 5.26 Å². The smallest absolute Gasteiger partial charge is 0.283 e. The fourth-order valence-corrected chi connectivity index (χ4v) is 0. The van der Waals surface area contributed by atoms with Crippen molar-refractivity contribution < 1.29 is 9.90 Å². The van der Waals surface area contributed by atoms with Crippen LogP contribution in [0.15, 0.2) is 0 Å². The van der Waals surface area contributed by atoms with Crippen LogP contribution in [0.3, 0.4) is 0 Å². The van der Waals surface area contributed by atoms with Crippen molar-refractivity contribution in [3.8, 4) is 6.26 Å². The largest absolute Gasteiger partial charge is 0.443 e. The van der Waals surface area contributed by atoms with Crippen molar-refractivity contribution in [2.45, 2.75) is 27.7 Å². The zero-order valence-corrected chi connectivity index (χ0v) is 6.96. The van der Waals surface area contributed by atoms with Gasteiger partial charge in [0, 0.05) is 0 Å². The summed E-state index contributed by atoms with van der Waals surface area (Å²) < 4.78 is 0. The fourth-order valence-electron chi connectivity index (χ4n) is 0. The van der Waals surface area contributed by atoms with Gasteiger partial charge in [-0.15, -0.1) is 0 Å². The molecule has 3 nitrogen and oxygen atoms in total. The van der Waals surface area contributed by atoms with Gasteiger partial charge in [-0.1, -0.05) is 20.8 Å². The number of carbonyl (C=O) groups is 1. The first-order valence-corrected chi connectivity index (χ1v) is 2.99. The van der Waals surface area contributed by atoms with Crippen LogP contribution in [0, 0.1) is 17.4 Å². The molecule has 1 N–H and O–H groups in total. The van der Waals surface area contributed by atoms with Gasteiger partial charge in [0.25, 0.3) is 6.26 Å². The predicted octanol–water partition coefficient (Wildman–Crippen LogP) is 1.71. The van der Waals surface area contributed by atoms with Gasteiger partial charge in [-0.3, -0.25) is 0 Å². The fraction of sp³-hybridized carbons (Fsp3) is 0.714. The molecule has 0 saturated heterocycles. The number of hydrogen-bond donors (Lipinski definition) is 1. The van der Waals surface area contributed by atoms with E-state index in [4.69, 9.17) is 15.2 Å². The Morgan fingerprint density at radius 3 is 1.50 bits per heavy atom. The number of aliphatic hydroxyl groups excluding tert-OH is 1. The molecule has 3 heteroatoms. The average molecular weight is 145 g/mol. The number of aliphatic hydroxyl groups is 1. The van der Waals surface area contributed by atoms with Crippen LogP contribution in [0.5, 0.6) is 0 Å². The molecule has 0 saturated carbocycles. The van der Waals surface area contributed by atoms with E-state index in [9.17, 15) is 0 Å². The third-order valence-electron chi connectivity index (χ3n) is 0. The second-order valence-electron chi connectivity index (χ2n) is 2.07. The molecule has 0 atom stereocenters. The van der Waals surface area contributed by atoms with Gasteiger partial charge < -0.3 is 9.90 Å². The van der Waals surface area contributed by atoms with Gasteiger partial charge in [0.2, 0.25) is 0 Å². The molecule has 0 radical (unpaired) electrons. The van der Waals surface area contributed by atoms with Crippen LogP contribution in [0.2, 0.25) is 0 Å². The summed E-state index contributed by atoms with van der Waals surface area (Å²) in [5.74, 6) is 0.833. The molecule has 0 rings (SSSR count). The van der Waals surface area contributed by atoms with E-state index in [0.29, 0.717) is 0 Å². The molecule has 0 fully saturated rings. The Hall–Kier alpha value is -1.04. The summed E-state index contributed by atoms with van der Waals surface area (Å²) in [6, 6.07) is 0. The number of nitrogens with zero attached hydrogens (tertiary/aromatic N) is 1. The van der Waals surface area contributed by atoms with Gasteiger partial charge in [-0.25, -0.2) is 0 Å². The van der Waals surface area contributed by atoms with E-state index in [0.717, 1.165) is 18.5 Å². The lowest BCUT2D eigenvalue weighted by Gasteiger charge is -1.79. The van der Waals surface area contributed by atoms with Crippen LogP contribution in [0.25, 0.3) is 0 Å². The van der Waals surface area contributed by atoms with E-state index < -0.39 is 0 Å². The standard InChI is InChI=1S/C4H10.C2H4O.CHNO/c1-4(2)3;1-2-3;2-1-3/h4H,1-3H3;2H,1H3;3H. The lowest BCUT2D eigenvalue weighted by Crippen LogP contribution is -1.66. The molecule has 0 heterocycles. The maximum Gasteiger partial charge on any atom is 0.283 e. The predicted molar refractivity (Wildman–Crippen MR) is 39.8 cm³/mol. The van der Waals surface area contributed by atoms with Crippen molar-refractivity contribution in [1.82, 2.24) is 0 Å². The highest BCUT2D eigenvalue weighted by molar-refractivity contribution is 5.44. The van der Waals surface area contributed by atoms with Crippen LogP contribution in [0.4, 0.5) is 0 Å². The van der Waals surface area contributed by atoms with Gasteiger partial charge in [0.05, 0.1) is 0 Å². The van der Waals surface area contributed by atoms with Crippen LogP contribution in [0.1, 0.15) is 27.7 Å². The third-order valence-corrected chi connectivity index (χ3v) is 0. The van der Waals surface area contributed by atoms with Gasteiger partial charge in [-0.05, 0) is 12.8 Å². The lowest BCUT2D eigenvalue weighted by atomic mass is 10.3. The van der Waals surface area contributed by atoms with Crippen molar-refractivity contribution >= 4 is 6.29 Å². The molecular weight excluding hydrogens is 130 g/mol. The Balaban J connectivity index is -0.0000000750. The monoisotopic (exact) mass is 145 g/mol. The molecule has 0 bridgehead atoms. The molecule has 0 aliphatic rings. The maximum atomic E-state index is 8.81. The number of hydrogen-bond acceptors (Lipinski definition) is 3. The third kappa shape index (κ3) is 229. The van der Waals surface area contributed by atoms with Crippen molar-refractivity contribution in [3.05, 3.63) is 0 Å². The summed E-state index contributed by atoms with van der Waals surface area (Å²) in [5.41, 5.74) is 0. The molecule has 0 amide bonds. The van der Waals surface area contributed by atoms with Crippen LogP contribution < -0.4 is 0 Å². The van der Waals surface area contributed by atoms with Gasteiger partial charge in [0.1, 0.15) is 6.29 Å². The molecule has 0 aromatic heterocycles. The van der Waals surface area contributed by atoms with E-state index in [1.807, 2.05) is 0 Å². The Kier molecular flexibility index (Phi) is 39.3. The molecule has 0 spiro atoms. The van der Waals surface area contributed by atoms with Gasteiger partial charge in [-0.2, -0.15) is 5.26 Å². The first-order chi connectivity index (χ1) is 4.56. The van der Waals surface area contributed by atoms with Gasteiger partial charge in [0.15, 0.2) is 0 Å². The average Bonchev–Trinajstić information content (AvgIpc) is 1.65.